The van der Waals surface area contributed by atoms with E-state index in [4.69, 9.17) is 0 Å². The van der Waals surface area contributed by atoms with Gasteiger partial charge in [0.15, 0.2) is 0 Å². The van der Waals surface area contributed by atoms with Crippen molar-refractivity contribution in [1.29, 1.82) is 0 Å². The summed E-state index contributed by atoms with van der Waals surface area (Å²) in [6, 6.07) is 14.2. The molecule has 1 aliphatic rings. The summed E-state index contributed by atoms with van der Waals surface area (Å²) in [7, 11) is 3.33. The summed E-state index contributed by atoms with van der Waals surface area (Å²) in [5.41, 5.74) is 2.79. The number of para-hydroxylation sites is 1. The number of fused-ring (bicyclic) bond motifs is 1. The molecule has 3 amide bonds. The number of benzene rings is 2. The van der Waals surface area contributed by atoms with E-state index in [2.05, 4.69) is 5.32 Å². The highest BCUT2D eigenvalue weighted by molar-refractivity contribution is 6.03. The number of nitrogens with one attached hydrogen (secondary N) is 1. The van der Waals surface area contributed by atoms with Gasteiger partial charge in [-0.2, -0.15) is 0 Å². The van der Waals surface area contributed by atoms with E-state index in [9.17, 15) is 14.4 Å². The van der Waals surface area contributed by atoms with Gasteiger partial charge in [-0.05, 0) is 29.3 Å². The monoisotopic (exact) mass is 377 g/mol. The summed E-state index contributed by atoms with van der Waals surface area (Å²) in [5, 5.41) is 2.84. The molecule has 0 saturated heterocycles. The molecule has 0 spiro atoms. The Balaban J connectivity index is 1.84. The van der Waals surface area contributed by atoms with Crippen molar-refractivity contribution in [1.82, 2.24) is 9.80 Å². The second kappa shape index (κ2) is 8.08. The van der Waals surface area contributed by atoms with E-state index < -0.39 is 6.04 Å². The fourth-order valence-electron chi connectivity index (χ4n) is 3.31. The number of carbonyl (C=O) groups excluding carboxylic acids is 3. The van der Waals surface area contributed by atoms with Crippen molar-refractivity contribution in [3.63, 3.8) is 0 Å². The maximum absolute atomic E-state index is 12.8. The number of nitrogens with zero attached hydrogens (tertiary/aromatic N) is 2. The highest BCUT2D eigenvalue weighted by atomic mass is 16.2. The zero-order chi connectivity index (χ0) is 20.3. The Morgan fingerprint density at radius 1 is 1.04 bits per heavy atom. The molecule has 28 heavy (non-hydrogen) atoms. The first-order valence-electron chi connectivity index (χ1n) is 9.05. The number of carbonyl (C=O) groups is 3. The molecule has 6 heteroatoms. The first-order chi connectivity index (χ1) is 13.4. The van der Waals surface area contributed by atoms with Crippen LogP contribution in [0.5, 0.6) is 0 Å². The molecule has 3 rings (SSSR count). The Morgan fingerprint density at radius 3 is 2.43 bits per heavy atom. The predicted molar refractivity (Wildman–Crippen MR) is 108 cm³/mol. The van der Waals surface area contributed by atoms with Crippen LogP contribution in [0.2, 0.25) is 0 Å². The van der Waals surface area contributed by atoms with E-state index in [1.807, 2.05) is 30.3 Å². The molecule has 2 aromatic rings. The molecule has 144 valence electrons. The summed E-state index contributed by atoms with van der Waals surface area (Å²) >= 11 is 0. The molecule has 0 saturated carbocycles. The Hall–Kier alpha value is -3.41. The number of anilines is 1. The highest BCUT2D eigenvalue weighted by Gasteiger charge is 2.28. The van der Waals surface area contributed by atoms with Gasteiger partial charge in [0.25, 0.3) is 5.91 Å². The van der Waals surface area contributed by atoms with Gasteiger partial charge < -0.3 is 15.1 Å². The lowest BCUT2D eigenvalue weighted by molar-refractivity contribution is -0.129. The summed E-state index contributed by atoms with van der Waals surface area (Å²) in [6.07, 6.45) is 3.67. The maximum atomic E-state index is 12.8. The van der Waals surface area contributed by atoms with Gasteiger partial charge in [0, 0.05) is 27.2 Å². The van der Waals surface area contributed by atoms with Gasteiger partial charge in [0.2, 0.25) is 11.8 Å². The van der Waals surface area contributed by atoms with Crippen LogP contribution in [0, 0.1) is 0 Å². The highest BCUT2D eigenvalue weighted by Crippen LogP contribution is 2.33. The SMILES string of the molecule is CC(=O)N1C=Cc2ccccc2C1CC(=O)Nc1ccccc1C(=O)N(C)C. The van der Waals surface area contributed by atoms with Gasteiger partial charge in [-0.3, -0.25) is 14.4 Å². The van der Waals surface area contributed by atoms with Crippen LogP contribution in [0.4, 0.5) is 5.69 Å². The number of hydrogen-bond acceptors (Lipinski definition) is 3. The van der Waals surface area contributed by atoms with Crippen LogP contribution < -0.4 is 5.32 Å². The number of rotatable bonds is 4. The van der Waals surface area contributed by atoms with Gasteiger partial charge in [-0.25, -0.2) is 0 Å². The fourth-order valence-corrected chi connectivity index (χ4v) is 3.31. The molecule has 1 N–H and O–H groups in total. The largest absolute Gasteiger partial charge is 0.345 e. The second-order valence-electron chi connectivity index (χ2n) is 6.88. The lowest BCUT2D eigenvalue weighted by atomic mass is 9.93. The van der Waals surface area contributed by atoms with Crippen LogP contribution in [-0.4, -0.2) is 41.6 Å². The summed E-state index contributed by atoms with van der Waals surface area (Å²) in [5.74, 6) is -0.584. The van der Waals surface area contributed by atoms with Gasteiger partial charge in [-0.1, -0.05) is 36.4 Å². The standard InChI is InChI=1S/C22H23N3O3/c1-15(26)25-13-12-16-8-4-5-9-17(16)20(25)14-21(27)23-19-11-7-6-10-18(19)22(28)24(2)3/h4-13,20H,14H2,1-3H3,(H,23,27). The van der Waals surface area contributed by atoms with Crippen molar-refractivity contribution < 1.29 is 14.4 Å². The molecule has 0 bridgehead atoms. The Kier molecular flexibility index (Phi) is 5.59. The van der Waals surface area contributed by atoms with E-state index in [-0.39, 0.29) is 24.1 Å². The van der Waals surface area contributed by atoms with Crippen molar-refractivity contribution >= 4 is 29.5 Å². The number of amides is 3. The molecule has 0 aromatic heterocycles. The zero-order valence-electron chi connectivity index (χ0n) is 16.2. The minimum absolute atomic E-state index is 0.0887. The average Bonchev–Trinajstić information content (AvgIpc) is 2.67. The summed E-state index contributed by atoms with van der Waals surface area (Å²) in [6.45, 7) is 1.48. The van der Waals surface area contributed by atoms with Crippen molar-refractivity contribution in [2.45, 2.75) is 19.4 Å². The molecule has 0 fully saturated rings. The van der Waals surface area contributed by atoms with Crippen LogP contribution >= 0.6 is 0 Å². The molecule has 1 aliphatic heterocycles. The molecule has 1 atom stereocenters. The lowest BCUT2D eigenvalue weighted by Crippen LogP contribution is -2.33. The first-order valence-corrected chi connectivity index (χ1v) is 9.05. The Morgan fingerprint density at radius 2 is 1.71 bits per heavy atom. The molecular formula is C22H23N3O3. The fraction of sp³-hybridized carbons (Fsp3) is 0.227. The Bertz CT molecular complexity index is 950. The smallest absolute Gasteiger partial charge is 0.255 e. The summed E-state index contributed by atoms with van der Waals surface area (Å²) in [4.78, 5) is 40.3. The molecular weight excluding hydrogens is 354 g/mol. The minimum atomic E-state index is -0.393. The van der Waals surface area contributed by atoms with Crippen molar-refractivity contribution in [2.24, 2.45) is 0 Å². The molecule has 0 aliphatic carbocycles. The molecule has 6 nitrogen and oxygen atoms in total. The average molecular weight is 377 g/mol. The first kappa shape index (κ1) is 19.4. The van der Waals surface area contributed by atoms with E-state index in [0.29, 0.717) is 11.3 Å². The topological polar surface area (TPSA) is 69.7 Å². The van der Waals surface area contributed by atoms with E-state index >= 15 is 0 Å². The van der Waals surface area contributed by atoms with E-state index in [1.54, 1.807) is 49.5 Å². The van der Waals surface area contributed by atoms with Crippen molar-refractivity contribution in [3.05, 3.63) is 71.4 Å². The summed E-state index contributed by atoms with van der Waals surface area (Å²) < 4.78 is 0. The Labute approximate surface area is 164 Å². The van der Waals surface area contributed by atoms with Gasteiger partial charge in [0.1, 0.15) is 0 Å². The van der Waals surface area contributed by atoms with Crippen LogP contribution in [0.15, 0.2) is 54.7 Å². The van der Waals surface area contributed by atoms with Crippen LogP contribution in [0.25, 0.3) is 6.08 Å². The normalized spacial score (nSPS) is 15.0. The third-order valence-corrected chi connectivity index (χ3v) is 4.69. The van der Waals surface area contributed by atoms with Crippen molar-refractivity contribution in [3.8, 4) is 0 Å². The molecule has 1 heterocycles. The van der Waals surface area contributed by atoms with Crippen molar-refractivity contribution in [2.75, 3.05) is 19.4 Å². The molecule has 1 unspecified atom stereocenters. The maximum Gasteiger partial charge on any atom is 0.255 e. The number of hydrogen-bond donors (Lipinski definition) is 1. The third-order valence-electron chi connectivity index (χ3n) is 4.69. The van der Waals surface area contributed by atoms with Gasteiger partial charge in [0.05, 0.1) is 23.7 Å². The van der Waals surface area contributed by atoms with Crippen LogP contribution in [-0.2, 0) is 9.59 Å². The van der Waals surface area contributed by atoms with E-state index in [0.717, 1.165) is 11.1 Å². The molecule has 2 aromatic carbocycles. The van der Waals surface area contributed by atoms with Gasteiger partial charge in [-0.15, -0.1) is 0 Å². The lowest BCUT2D eigenvalue weighted by Gasteiger charge is -2.32. The minimum Gasteiger partial charge on any atom is -0.345 e. The molecule has 0 radical (unpaired) electrons. The predicted octanol–water partition coefficient (Wildman–Crippen LogP) is 3.29. The second-order valence-corrected chi connectivity index (χ2v) is 6.88. The van der Waals surface area contributed by atoms with Gasteiger partial charge >= 0.3 is 0 Å². The zero-order valence-corrected chi connectivity index (χ0v) is 16.2. The quantitative estimate of drug-likeness (QED) is 0.889. The third kappa shape index (κ3) is 3.96. The van der Waals surface area contributed by atoms with Crippen LogP contribution in [0.1, 0.15) is 40.9 Å². The van der Waals surface area contributed by atoms with E-state index in [1.165, 1.54) is 11.8 Å². The van der Waals surface area contributed by atoms with Crippen LogP contribution in [0.3, 0.4) is 0 Å².